The van der Waals surface area contributed by atoms with Crippen LogP contribution in [0.5, 0.6) is 0 Å². The van der Waals surface area contributed by atoms with Crippen molar-refractivity contribution in [1.82, 2.24) is 5.16 Å². The number of sulfonamides is 1. The molecule has 2 heterocycles. The van der Waals surface area contributed by atoms with E-state index in [0.717, 1.165) is 5.56 Å². The van der Waals surface area contributed by atoms with Crippen LogP contribution in [0, 0.1) is 13.8 Å². The maximum atomic E-state index is 12.4. The molecule has 8 nitrogen and oxygen atoms in total. The molecule has 0 aliphatic carbocycles. The lowest BCUT2D eigenvalue weighted by Crippen LogP contribution is -2.30. The topological polar surface area (TPSA) is 107 Å². The molecular weight excluding hydrogens is 372 g/mol. The van der Waals surface area contributed by atoms with Gasteiger partial charge in [-0.25, -0.2) is 13.2 Å². The molecule has 0 N–H and O–H groups in total. The number of carbonyl (C=O) groups excluding carboxylic acids is 2. The lowest BCUT2D eigenvalue weighted by atomic mass is 10.1. The van der Waals surface area contributed by atoms with Crippen molar-refractivity contribution in [2.24, 2.45) is 0 Å². The summed E-state index contributed by atoms with van der Waals surface area (Å²) >= 11 is 0. The molecule has 9 heteroatoms. The van der Waals surface area contributed by atoms with Gasteiger partial charge in [0.05, 0.1) is 17.1 Å². The Morgan fingerprint density at radius 2 is 2.04 bits per heavy atom. The number of esters is 1. The van der Waals surface area contributed by atoms with Gasteiger partial charge in [0.15, 0.2) is 12.4 Å². The highest BCUT2D eigenvalue weighted by Crippen LogP contribution is 2.31. The smallest absolute Gasteiger partial charge is 0.344 e. The predicted octanol–water partition coefficient (Wildman–Crippen LogP) is 2.04. The normalized spacial score (nSPS) is 13.5. The van der Waals surface area contributed by atoms with E-state index in [1.807, 2.05) is 0 Å². The Bertz CT molecular complexity index is 989. The molecule has 0 fully saturated rings. The Kier molecular flexibility index (Phi) is 5.05. The minimum atomic E-state index is -3.33. The Hall–Kier alpha value is -2.68. The van der Waals surface area contributed by atoms with Gasteiger partial charge in [0.1, 0.15) is 11.3 Å². The van der Waals surface area contributed by atoms with Crippen LogP contribution in [0.3, 0.4) is 0 Å². The number of Topliss-reactive ketones (excluding diaryl/α,β-unsaturated/α-hetero) is 1. The first-order valence-corrected chi connectivity index (χ1v) is 10.1. The van der Waals surface area contributed by atoms with E-state index in [0.29, 0.717) is 35.7 Å². The minimum absolute atomic E-state index is 0.0186. The molecule has 0 saturated carbocycles. The van der Waals surface area contributed by atoms with E-state index in [4.69, 9.17) is 9.26 Å². The Morgan fingerprint density at radius 1 is 1.30 bits per heavy atom. The third kappa shape index (κ3) is 3.59. The van der Waals surface area contributed by atoms with Crippen molar-refractivity contribution < 1.29 is 27.3 Å². The fourth-order valence-electron chi connectivity index (χ4n) is 3.05. The number of ketones is 1. The van der Waals surface area contributed by atoms with Gasteiger partial charge >= 0.3 is 5.97 Å². The molecular formula is C18H20N2O6S. The maximum Gasteiger partial charge on any atom is 0.344 e. The second-order valence-corrected chi connectivity index (χ2v) is 8.45. The molecule has 0 saturated heterocycles. The summed E-state index contributed by atoms with van der Waals surface area (Å²) in [7, 11) is -3.33. The number of aryl methyl sites for hydroxylation is 2. The number of carbonyl (C=O) groups is 2. The van der Waals surface area contributed by atoms with E-state index in [9.17, 15) is 18.0 Å². The number of ether oxygens (including phenoxy) is 1. The van der Waals surface area contributed by atoms with Crippen molar-refractivity contribution in [2.45, 2.75) is 27.2 Å². The molecule has 3 rings (SSSR count). The predicted molar refractivity (Wildman–Crippen MR) is 97.5 cm³/mol. The average Bonchev–Trinajstić information content (AvgIpc) is 3.22. The summed E-state index contributed by atoms with van der Waals surface area (Å²) in [6, 6.07) is 4.83. The van der Waals surface area contributed by atoms with Gasteiger partial charge in [-0.15, -0.1) is 0 Å². The van der Waals surface area contributed by atoms with Gasteiger partial charge in [-0.3, -0.25) is 9.10 Å². The van der Waals surface area contributed by atoms with Crippen molar-refractivity contribution in [2.75, 3.05) is 23.2 Å². The number of hydrogen-bond donors (Lipinski definition) is 0. The van der Waals surface area contributed by atoms with Crippen LogP contribution in [0.2, 0.25) is 0 Å². The number of anilines is 1. The van der Waals surface area contributed by atoms with Crippen LogP contribution < -0.4 is 4.31 Å². The van der Waals surface area contributed by atoms with E-state index >= 15 is 0 Å². The first kappa shape index (κ1) is 19.1. The van der Waals surface area contributed by atoms with Crippen LogP contribution in [0.25, 0.3) is 0 Å². The molecule has 1 aromatic carbocycles. The summed E-state index contributed by atoms with van der Waals surface area (Å²) in [4.78, 5) is 24.5. The van der Waals surface area contributed by atoms with E-state index in [-0.39, 0.29) is 17.1 Å². The zero-order valence-corrected chi connectivity index (χ0v) is 16.1. The van der Waals surface area contributed by atoms with E-state index in [1.165, 1.54) is 4.31 Å². The molecule has 0 bridgehead atoms. The lowest BCUT2D eigenvalue weighted by Gasteiger charge is -2.18. The first-order chi connectivity index (χ1) is 12.7. The quantitative estimate of drug-likeness (QED) is 0.547. The number of benzene rings is 1. The molecule has 1 aliphatic heterocycles. The average molecular weight is 392 g/mol. The molecule has 0 atom stereocenters. The van der Waals surface area contributed by atoms with Gasteiger partial charge in [-0.1, -0.05) is 5.16 Å². The molecule has 0 unspecified atom stereocenters. The van der Waals surface area contributed by atoms with Crippen LogP contribution in [0.15, 0.2) is 22.7 Å². The van der Waals surface area contributed by atoms with E-state index < -0.39 is 22.6 Å². The number of rotatable bonds is 6. The fourth-order valence-corrected chi connectivity index (χ4v) is 4.21. The Labute approximate surface area is 157 Å². The van der Waals surface area contributed by atoms with Gasteiger partial charge in [0, 0.05) is 12.1 Å². The second-order valence-electron chi connectivity index (χ2n) is 6.26. The third-order valence-corrected chi connectivity index (χ3v) is 6.31. The van der Waals surface area contributed by atoms with Gasteiger partial charge in [-0.05, 0) is 51.0 Å². The summed E-state index contributed by atoms with van der Waals surface area (Å²) in [5, 5.41) is 3.68. The third-order valence-electron chi connectivity index (χ3n) is 4.53. The Balaban J connectivity index is 1.71. The number of aromatic nitrogens is 1. The first-order valence-electron chi connectivity index (χ1n) is 8.51. The second kappa shape index (κ2) is 7.15. The zero-order chi connectivity index (χ0) is 19.8. The monoisotopic (exact) mass is 392 g/mol. The summed E-state index contributed by atoms with van der Waals surface area (Å²) < 4.78 is 35.6. The van der Waals surface area contributed by atoms with Crippen LogP contribution in [-0.4, -0.2) is 44.2 Å². The minimum Gasteiger partial charge on any atom is -0.454 e. The highest BCUT2D eigenvalue weighted by atomic mass is 32.2. The van der Waals surface area contributed by atoms with Crippen LogP contribution in [0.1, 0.15) is 44.7 Å². The largest absolute Gasteiger partial charge is 0.454 e. The van der Waals surface area contributed by atoms with Crippen LogP contribution >= 0.6 is 0 Å². The van der Waals surface area contributed by atoms with Crippen LogP contribution in [0.4, 0.5) is 5.69 Å². The highest BCUT2D eigenvalue weighted by Gasteiger charge is 2.28. The summed E-state index contributed by atoms with van der Waals surface area (Å²) in [5.74, 6) is -0.680. The summed E-state index contributed by atoms with van der Waals surface area (Å²) in [5.41, 5.74) is 2.38. The zero-order valence-electron chi connectivity index (χ0n) is 15.3. The van der Waals surface area contributed by atoms with Gasteiger partial charge in [-0.2, -0.15) is 0 Å². The molecule has 1 aliphatic rings. The van der Waals surface area contributed by atoms with Crippen molar-refractivity contribution in [3.8, 4) is 0 Å². The van der Waals surface area contributed by atoms with E-state index in [2.05, 4.69) is 5.16 Å². The summed E-state index contributed by atoms with van der Waals surface area (Å²) in [6.45, 7) is 4.75. The van der Waals surface area contributed by atoms with Gasteiger partial charge < -0.3 is 9.26 Å². The lowest BCUT2D eigenvalue weighted by molar-refractivity contribution is 0.0472. The fraction of sp³-hybridized carbons (Fsp3) is 0.389. The number of nitrogens with zero attached hydrogens (tertiary/aromatic N) is 2. The maximum absolute atomic E-state index is 12.4. The van der Waals surface area contributed by atoms with Gasteiger partial charge in [0.25, 0.3) is 0 Å². The number of fused-ring (bicyclic) bond motifs is 1. The molecule has 0 amide bonds. The number of hydrogen-bond acceptors (Lipinski definition) is 7. The van der Waals surface area contributed by atoms with Gasteiger partial charge in [0.2, 0.25) is 10.0 Å². The van der Waals surface area contributed by atoms with Crippen molar-refractivity contribution in [3.63, 3.8) is 0 Å². The van der Waals surface area contributed by atoms with Crippen molar-refractivity contribution >= 4 is 27.5 Å². The molecule has 144 valence electrons. The van der Waals surface area contributed by atoms with E-state index in [1.54, 1.807) is 39.0 Å². The molecule has 1 aromatic heterocycles. The highest BCUT2D eigenvalue weighted by molar-refractivity contribution is 7.92. The standard InChI is InChI=1S/C18H20N2O6S/c1-4-27(23,24)20-8-7-13-9-14(5-6-15(13)20)16(21)10-25-18(22)17-11(2)19-26-12(17)3/h5-6,9H,4,7-8,10H2,1-3H3. The summed E-state index contributed by atoms with van der Waals surface area (Å²) in [6.07, 6.45) is 0.536. The van der Waals surface area contributed by atoms with Crippen molar-refractivity contribution in [1.29, 1.82) is 0 Å². The molecule has 0 spiro atoms. The van der Waals surface area contributed by atoms with Crippen molar-refractivity contribution in [3.05, 3.63) is 46.3 Å². The molecule has 27 heavy (non-hydrogen) atoms. The molecule has 0 radical (unpaired) electrons. The Morgan fingerprint density at radius 3 is 2.67 bits per heavy atom. The molecule has 2 aromatic rings. The van der Waals surface area contributed by atoms with Crippen LogP contribution in [-0.2, 0) is 21.2 Å². The SMILES string of the molecule is CCS(=O)(=O)N1CCc2cc(C(=O)COC(=O)c3c(C)noc3C)ccc21.